The Kier molecular flexibility index (Phi) is 7.73. The molecule has 1 heterocycles. The lowest BCUT2D eigenvalue weighted by Crippen LogP contribution is -2.36. The van der Waals surface area contributed by atoms with Crippen LogP contribution in [0.3, 0.4) is 0 Å². The quantitative estimate of drug-likeness (QED) is 0.702. The number of benzene rings is 2. The molecular formula is C23H29F2NO3. The Hall–Kier alpha value is -2.47. The molecule has 0 spiro atoms. The second-order valence-electron chi connectivity index (χ2n) is 7.49. The summed E-state index contributed by atoms with van der Waals surface area (Å²) in [6.07, 6.45) is -0.255. The first-order valence-electron chi connectivity index (χ1n) is 9.90. The SMILES string of the molecule is CC.CC(C)(C)OC(=O)NCC1OCCc2c(-c3ccc(F)cc3F)cccc21. The fourth-order valence-electron chi connectivity index (χ4n) is 3.20. The average Bonchev–Trinajstić information content (AvgIpc) is 2.66. The van der Waals surface area contributed by atoms with E-state index in [4.69, 9.17) is 9.47 Å². The van der Waals surface area contributed by atoms with E-state index in [0.717, 1.165) is 22.8 Å². The summed E-state index contributed by atoms with van der Waals surface area (Å²) in [6, 6.07) is 9.11. The predicted molar refractivity (Wildman–Crippen MR) is 110 cm³/mol. The van der Waals surface area contributed by atoms with E-state index in [1.54, 1.807) is 20.8 Å². The number of amides is 1. The van der Waals surface area contributed by atoms with Crippen LogP contribution in [0.25, 0.3) is 11.1 Å². The van der Waals surface area contributed by atoms with Crippen molar-refractivity contribution in [2.75, 3.05) is 13.2 Å². The zero-order valence-electron chi connectivity index (χ0n) is 17.6. The summed E-state index contributed by atoms with van der Waals surface area (Å²) < 4.78 is 38.6. The maximum atomic E-state index is 14.3. The molecule has 0 fully saturated rings. The molecule has 6 heteroatoms. The Bertz CT molecular complexity index is 847. The number of hydrogen-bond acceptors (Lipinski definition) is 3. The van der Waals surface area contributed by atoms with Crippen LogP contribution in [-0.2, 0) is 15.9 Å². The molecule has 0 radical (unpaired) electrons. The van der Waals surface area contributed by atoms with Crippen LogP contribution in [0.5, 0.6) is 0 Å². The molecule has 158 valence electrons. The van der Waals surface area contributed by atoms with Gasteiger partial charge in [-0.2, -0.15) is 0 Å². The highest BCUT2D eigenvalue weighted by Crippen LogP contribution is 2.35. The summed E-state index contributed by atoms with van der Waals surface area (Å²) >= 11 is 0. The lowest BCUT2D eigenvalue weighted by molar-refractivity contribution is 0.0289. The zero-order valence-corrected chi connectivity index (χ0v) is 17.6. The third-order valence-corrected chi connectivity index (χ3v) is 4.28. The number of nitrogens with one attached hydrogen (secondary N) is 1. The van der Waals surface area contributed by atoms with Gasteiger partial charge in [0.25, 0.3) is 0 Å². The van der Waals surface area contributed by atoms with E-state index < -0.39 is 23.3 Å². The van der Waals surface area contributed by atoms with Gasteiger partial charge in [-0.1, -0.05) is 32.0 Å². The molecule has 1 atom stereocenters. The predicted octanol–water partition coefficient (Wildman–Crippen LogP) is 5.80. The summed E-state index contributed by atoms with van der Waals surface area (Å²) in [4.78, 5) is 11.9. The third kappa shape index (κ3) is 6.00. The number of halogens is 2. The van der Waals surface area contributed by atoms with Gasteiger partial charge < -0.3 is 14.8 Å². The van der Waals surface area contributed by atoms with E-state index >= 15 is 0 Å². The van der Waals surface area contributed by atoms with Crippen LogP contribution in [0.15, 0.2) is 36.4 Å². The minimum atomic E-state index is -0.608. The summed E-state index contributed by atoms with van der Waals surface area (Å²) in [5.41, 5.74) is 2.33. The third-order valence-electron chi connectivity index (χ3n) is 4.28. The molecule has 4 nitrogen and oxygen atoms in total. The minimum Gasteiger partial charge on any atom is -0.444 e. The zero-order chi connectivity index (χ0) is 21.6. The first-order valence-corrected chi connectivity index (χ1v) is 9.90. The van der Waals surface area contributed by atoms with E-state index in [-0.39, 0.29) is 12.6 Å². The van der Waals surface area contributed by atoms with Crippen molar-refractivity contribution in [2.24, 2.45) is 0 Å². The van der Waals surface area contributed by atoms with Gasteiger partial charge in [-0.25, -0.2) is 13.6 Å². The highest BCUT2D eigenvalue weighted by atomic mass is 19.1. The monoisotopic (exact) mass is 405 g/mol. The van der Waals surface area contributed by atoms with Crippen molar-refractivity contribution in [1.29, 1.82) is 0 Å². The largest absolute Gasteiger partial charge is 0.444 e. The number of carbonyl (C=O) groups excluding carboxylic acids is 1. The van der Waals surface area contributed by atoms with E-state index in [1.165, 1.54) is 12.1 Å². The van der Waals surface area contributed by atoms with Crippen molar-refractivity contribution >= 4 is 6.09 Å². The number of hydrogen-bond donors (Lipinski definition) is 1. The van der Waals surface area contributed by atoms with Crippen molar-refractivity contribution < 1.29 is 23.0 Å². The van der Waals surface area contributed by atoms with Gasteiger partial charge in [-0.3, -0.25) is 0 Å². The Morgan fingerprint density at radius 2 is 1.90 bits per heavy atom. The van der Waals surface area contributed by atoms with Gasteiger partial charge in [0.15, 0.2) is 0 Å². The van der Waals surface area contributed by atoms with Crippen LogP contribution in [0, 0.1) is 11.6 Å². The average molecular weight is 405 g/mol. The maximum absolute atomic E-state index is 14.3. The number of carbonyl (C=O) groups is 1. The van der Waals surface area contributed by atoms with Crippen molar-refractivity contribution in [2.45, 2.75) is 52.7 Å². The van der Waals surface area contributed by atoms with Crippen LogP contribution in [0.2, 0.25) is 0 Å². The fourth-order valence-corrected chi connectivity index (χ4v) is 3.20. The molecule has 2 aromatic carbocycles. The molecule has 1 aliphatic rings. The van der Waals surface area contributed by atoms with E-state index in [9.17, 15) is 13.6 Å². The summed E-state index contributed by atoms with van der Waals surface area (Å²) in [5.74, 6) is -1.21. The second-order valence-corrected chi connectivity index (χ2v) is 7.49. The molecular weight excluding hydrogens is 376 g/mol. The van der Waals surface area contributed by atoms with Crippen LogP contribution in [-0.4, -0.2) is 24.8 Å². The van der Waals surface area contributed by atoms with E-state index in [0.29, 0.717) is 18.6 Å². The fraction of sp³-hybridized carbons (Fsp3) is 0.435. The molecule has 0 aromatic heterocycles. The van der Waals surface area contributed by atoms with Gasteiger partial charge >= 0.3 is 6.09 Å². The van der Waals surface area contributed by atoms with Crippen LogP contribution in [0.4, 0.5) is 13.6 Å². The molecule has 29 heavy (non-hydrogen) atoms. The van der Waals surface area contributed by atoms with Crippen LogP contribution in [0.1, 0.15) is 51.8 Å². The normalized spacial score (nSPS) is 15.6. The topological polar surface area (TPSA) is 47.6 Å². The summed E-state index contributed by atoms with van der Waals surface area (Å²) in [7, 11) is 0. The van der Waals surface area contributed by atoms with Crippen molar-refractivity contribution in [1.82, 2.24) is 5.32 Å². The van der Waals surface area contributed by atoms with Crippen LogP contribution >= 0.6 is 0 Å². The standard InChI is InChI=1S/C21H23F2NO3.C2H6/c1-21(2,3)27-20(25)24-12-19-17-6-4-5-14(15(17)9-10-26-19)16-8-7-13(22)11-18(16)23;1-2/h4-8,11,19H,9-10,12H2,1-3H3,(H,24,25);1-2H3. The molecule has 0 saturated heterocycles. The van der Waals surface area contributed by atoms with E-state index in [2.05, 4.69) is 5.32 Å². The first kappa shape index (κ1) is 22.8. The molecule has 1 N–H and O–H groups in total. The Balaban J connectivity index is 0.00000145. The number of ether oxygens (including phenoxy) is 2. The number of fused-ring (bicyclic) bond motifs is 1. The number of alkyl carbamates (subject to hydrolysis) is 1. The summed E-state index contributed by atoms with van der Waals surface area (Å²) in [6.45, 7) is 10.1. The van der Waals surface area contributed by atoms with E-state index in [1.807, 2.05) is 32.0 Å². The molecule has 0 saturated carbocycles. The van der Waals surface area contributed by atoms with Gasteiger partial charge in [0.1, 0.15) is 23.3 Å². The van der Waals surface area contributed by atoms with Gasteiger partial charge in [0, 0.05) is 11.6 Å². The second kappa shape index (κ2) is 9.83. The van der Waals surface area contributed by atoms with Crippen LogP contribution < -0.4 is 5.32 Å². The molecule has 3 rings (SSSR count). The Labute approximate surface area is 171 Å². The van der Waals surface area contributed by atoms with Gasteiger partial charge in [-0.05, 0) is 56.0 Å². The Morgan fingerprint density at radius 3 is 2.55 bits per heavy atom. The molecule has 0 aliphatic carbocycles. The van der Waals surface area contributed by atoms with Gasteiger partial charge in [0.2, 0.25) is 0 Å². The highest BCUT2D eigenvalue weighted by molar-refractivity contribution is 5.70. The molecule has 1 unspecified atom stereocenters. The molecule has 0 bridgehead atoms. The van der Waals surface area contributed by atoms with Gasteiger partial charge in [0.05, 0.1) is 13.2 Å². The maximum Gasteiger partial charge on any atom is 0.407 e. The summed E-state index contributed by atoms with van der Waals surface area (Å²) in [5, 5.41) is 2.72. The lowest BCUT2D eigenvalue weighted by atomic mass is 9.89. The van der Waals surface area contributed by atoms with Crippen molar-refractivity contribution in [3.63, 3.8) is 0 Å². The van der Waals surface area contributed by atoms with Gasteiger partial charge in [-0.15, -0.1) is 0 Å². The highest BCUT2D eigenvalue weighted by Gasteiger charge is 2.25. The Morgan fingerprint density at radius 1 is 1.17 bits per heavy atom. The molecule has 2 aromatic rings. The van der Waals surface area contributed by atoms with Crippen molar-refractivity contribution in [3.05, 3.63) is 59.2 Å². The number of rotatable bonds is 3. The van der Waals surface area contributed by atoms with Crippen molar-refractivity contribution in [3.8, 4) is 11.1 Å². The first-order chi connectivity index (χ1) is 13.7. The smallest absolute Gasteiger partial charge is 0.407 e. The molecule has 1 aliphatic heterocycles. The molecule has 1 amide bonds. The lowest BCUT2D eigenvalue weighted by Gasteiger charge is -2.28. The minimum absolute atomic E-state index is 0.247.